The van der Waals surface area contributed by atoms with E-state index in [1.54, 1.807) is 0 Å². The number of aryl methyl sites for hydroxylation is 4. The van der Waals surface area contributed by atoms with Crippen molar-refractivity contribution in [3.8, 4) is 11.4 Å². The van der Waals surface area contributed by atoms with Crippen molar-refractivity contribution in [3.63, 3.8) is 0 Å². The molecule has 2 aromatic heterocycles. The van der Waals surface area contributed by atoms with Gasteiger partial charge < -0.3 is 9.13 Å². The van der Waals surface area contributed by atoms with E-state index in [-0.39, 0.29) is 0 Å². The Hall–Kier alpha value is -4.30. The maximum Gasteiger partial charge on any atom is 0.0562 e. The number of rotatable bonds is 12. The maximum atomic E-state index is 2.48. The van der Waals surface area contributed by atoms with Gasteiger partial charge in [-0.25, -0.2) is 0 Å². The minimum Gasteiger partial charge on any atom is -0.309 e. The minimum absolute atomic E-state index is 1.16. The average molecular weight is 695 g/mol. The molecule has 0 saturated heterocycles. The first-order valence-corrected chi connectivity index (χ1v) is 20.7. The van der Waals surface area contributed by atoms with Crippen LogP contribution in [0.15, 0.2) is 97.1 Å². The molecule has 0 radical (unpaired) electrons. The number of hydrogen-bond acceptors (Lipinski definition) is 0. The summed E-state index contributed by atoms with van der Waals surface area (Å²) in [7, 11) is 0. The van der Waals surface area contributed by atoms with Crippen molar-refractivity contribution < 1.29 is 0 Å². The molecule has 0 aliphatic rings. The van der Waals surface area contributed by atoms with Crippen LogP contribution in [0, 0.1) is 13.8 Å². The predicted molar refractivity (Wildman–Crippen MR) is 234 cm³/mol. The van der Waals surface area contributed by atoms with Gasteiger partial charge in [-0.1, -0.05) is 141 Å². The third-order valence-electron chi connectivity index (χ3n) is 9.99. The molecule has 0 aliphatic heterocycles. The van der Waals surface area contributed by atoms with Gasteiger partial charge in [-0.15, -0.1) is 0 Å². The summed E-state index contributed by atoms with van der Waals surface area (Å²) in [4.78, 5) is 0. The first-order valence-electron chi connectivity index (χ1n) is 20.7. The molecule has 0 spiro atoms. The molecule has 0 unspecified atom stereocenters. The van der Waals surface area contributed by atoms with Crippen LogP contribution in [0.4, 0.5) is 0 Å². The van der Waals surface area contributed by atoms with Crippen LogP contribution in [0.2, 0.25) is 0 Å². The molecule has 2 nitrogen and oxygen atoms in total. The van der Waals surface area contributed by atoms with E-state index < -0.39 is 0 Å². The van der Waals surface area contributed by atoms with Gasteiger partial charge in [-0.3, -0.25) is 0 Å². The van der Waals surface area contributed by atoms with Gasteiger partial charge in [0.25, 0.3) is 0 Å². The molecule has 0 atom stereocenters. The van der Waals surface area contributed by atoms with Crippen LogP contribution in [0.5, 0.6) is 0 Å². The summed E-state index contributed by atoms with van der Waals surface area (Å²) in [5.74, 6) is 0. The van der Waals surface area contributed by atoms with Crippen LogP contribution in [-0.4, -0.2) is 9.13 Å². The van der Waals surface area contributed by atoms with E-state index in [0.29, 0.717) is 0 Å². The fraction of sp³-hybridized carbons (Fsp3) is 0.400. The van der Waals surface area contributed by atoms with E-state index >= 15 is 0 Å². The van der Waals surface area contributed by atoms with E-state index in [1.165, 1.54) is 129 Å². The zero-order chi connectivity index (χ0) is 37.6. The predicted octanol–water partition coefficient (Wildman–Crippen LogP) is 15.8. The summed E-state index contributed by atoms with van der Waals surface area (Å²) in [6, 6.07) is 37.5. The Bertz CT molecular complexity index is 1970. The van der Waals surface area contributed by atoms with Gasteiger partial charge in [-0.2, -0.15) is 0 Å². The van der Waals surface area contributed by atoms with E-state index in [0.717, 1.165) is 12.8 Å². The van der Waals surface area contributed by atoms with Crippen molar-refractivity contribution >= 4 is 43.6 Å². The van der Waals surface area contributed by atoms with Gasteiger partial charge in [0.2, 0.25) is 0 Å². The molecule has 0 amide bonds. The van der Waals surface area contributed by atoms with E-state index in [1.807, 2.05) is 41.5 Å². The van der Waals surface area contributed by atoms with Crippen molar-refractivity contribution in [2.45, 2.75) is 133 Å². The van der Waals surface area contributed by atoms with Crippen molar-refractivity contribution in [3.05, 3.63) is 119 Å². The van der Waals surface area contributed by atoms with Gasteiger partial charge in [0.05, 0.1) is 22.1 Å². The second-order valence-corrected chi connectivity index (χ2v) is 13.6. The Balaban J connectivity index is 0.000000960. The smallest absolute Gasteiger partial charge is 0.0562 e. The topological polar surface area (TPSA) is 9.86 Å². The number of aromatic nitrogens is 2. The Morgan fingerprint density at radius 2 is 0.731 bits per heavy atom. The van der Waals surface area contributed by atoms with Gasteiger partial charge in [0.1, 0.15) is 0 Å². The van der Waals surface area contributed by atoms with E-state index in [4.69, 9.17) is 0 Å². The molecule has 7 rings (SSSR count). The fourth-order valence-electron chi connectivity index (χ4n) is 7.45. The molecule has 0 saturated carbocycles. The van der Waals surface area contributed by atoms with Crippen LogP contribution in [0.1, 0.15) is 129 Å². The summed E-state index contributed by atoms with van der Waals surface area (Å²) in [5.41, 5.74) is 13.0. The zero-order valence-electron chi connectivity index (χ0n) is 34.2. The molecule has 5 aromatic carbocycles. The lowest BCUT2D eigenvalue weighted by molar-refractivity contribution is 0.667. The van der Waals surface area contributed by atoms with Crippen LogP contribution < -0.4 is 0 Å². The highest BCUT2D eigenvalue weighted by atomic mass is 15.0. The second-order valence-electron chi connectivity index (χ2n) is 13.6. The summed E-state index contributed by atoms with van der Waals surface area (Å²) in [6.07, 6.45) is 12.7. The van der Waals surface area contributed by atoms with E-state index in [2.05, 4.69) is 134 Å². The molecule has 0 N–H and O–H groups in total. The Morgan fingerprint density at radius 3 is 1.10 bits per heavy atom. The molecular weight excluding hydrogens is 629 g/mol. The average Bonchev–Trinajstić information content (AvgIpc) is 3.68. The summed E-state index contributed by atoms with van der Waals surface area (Å²) in [5, 5.41) is 5.28. The summed E-state index contributed by atoms with van der Waals surface area (Å²) < 4.78 is 4.97. The monoisotopic (exact) mass is 695 g/mol. The lowest BCUT2D eigenvalue weighted by Crippen LogP contribution is -1.97. The standard InChI is InChI=1S/C44H48N2.3C2H6/c1-5-7-9-11-13-33-17-21-35(22-18-33)45-41-25-15-31(3)27-37(41)39-29-40-38-28-32(4)16-26-42(38)46(44(40)30-43(39)45)36-23-19-34(20-24-36)14-12-10-8-6-2;3*1-2/h15-30H,5-14H2,1-4H3;3*1-2H3. The number of nitrogens with zero attached hydrogens (tertiary/aromatic N) is 2. The lowest BCUT2D eigenvalue weighted by Gasteiger charge is -2.11. The van der Waals surface area contributed by atoms with Crippen molar-refractivity contribution in [2.75, 3.05) is 0 Å². The third kappa shape index (κ3) is 8.83. The molecule has 276 valence electrons. The number of benzene rings is 5. The van der Waals surface area contributed by atoms with Crippen LogP contribution in [0.3, 0.4) is 0 Å². The SMILES string of the molecule is CC.CC.CC.CCCCCCc1ccc(-n2c3ccc(C)cc3c3cc4c5cc(C)ccc5n(-c5ccc(CCCCCC)cc5)c4cc32)cc1. The van der Waals surface area contributed by atoms with Crippen LogP contribution in [-0.2, 0) is 12.8 Å². The van der Waals surface area contributed by atoms with Gasteiger partial charge in [-0.05, 0) is 111 Å². The number of unbranched alkanes of at least 4 members (excludes halogenated alkanes) is 6. The fourth-order valence-corrected chi connectivity index (χ4v) is 7.45. The highest BCUT2D eigenvalue weighted by Crippen LogP contribution is 2.40. The maximum absolute atomic E-state index is 2.48. The molecule has 7 aromatic rings. The first-order chi connectivity index (χ1) is 25.6. The van der Waals surface area contributed by atoms with Gasteiger partial charge in [0, 0.05) is 32.9 Å². The molecule has 2 heteroatoms. The quantitative estimate of drug-likeness (QED) is 0.113. The van der Waals surface area contributed by atoms with Crippen molar-refractivity contribution in [2.24, 2.45) is 0 Å². The Kier molecular flexibility index (Phi) is 15.6. The third-order valence-corrected chi connectivity index (χ3v) is 9.99. The number of hydrogen-bond donors (Lipinski definition) is 0. The van der Waals surface area contributed by atoms with Crippen LogP contribution in [0.25, 0.3) is 55.0 Å². The first kappa shape index (κ1) is 40.5. The molecule has 0 bridgehead atoms. The highest BCUT2D eigenvalue weighted by molar-refractivity contribution is 6.19. The normalized spacial score (nSPS) is 10.9. The molecule has 52 heavy (non-hydrogen) atoms. The van der Waals surface area contributed by atoms with E-state index in [9.17, 15) is 0 Å². The molecular formula is C50H66N2. The second kappa shape index (κ2) is 20.1. The highest BCUT2D eigenvalue weighted by Gasteiger charge is 2.19. The van der Waals surface area contributed by atoms with Gasteiger partial charge in [0.15, 0.2) is 0 Å². The lowest BCUT2D eigenvalue weighted by atomic mass is 10.1. The molecule has 2 heterocycles. The summed E-state index contributed by atoms with van der Waals surface area (Å²) >= 11 is 0. The number of fused-ring (bicyclic) bond motifs is 6. The van der Waals surface area contributed by atoms with Gasteiger partial charge >= 0.3 is 0 Å². The molecule has 0 aliphatic carbocycles. The van der Waals surface area contributed by atoms with Crippen molar-refractivity contribution in [1.82, 2.24) is 9.13 Å². The van der Waals surface area contributed by atoms with Crippen LogP contribution >= 0.6 is 0 Å². The Morgan fingerprint density at radius 1 is 0.365 bits per heavy atom. The molecule has 0 fully saturated rings. The zero-order valence-corrected chi connectivity index (χ0v) is 34.2. The largest absolute Gasteiger partial charge is 0.309 e. The van der Waals surface area contributed by atoms with Crippen molar-refractivity contribution in [1.29, 1.82) is 0 Å². The summed E-state index contributed by atoms with van der Waals surface area (Å²) in [6.45, 7) is 21.0. The minimum atomic E-state index is 1.16. The Labute approximate surface area is 315 Å².